The number of nitrogens with zero attached hydrogens (tertiary/aromatic N) is 2. The summed E-state index contributed by atoms with van der Waals surface area (Å²) >= 11 is 1.53. The van der Waals surface area contributed by atoms with Gasteiger partial charge in [0.05, 0.1) is 18.3 Å². The summed E-state index contributed by atoms with van der Waals surface area (Å²) in [4.78, 5) is 18.6. The van der Waals surface area contributed by atoms with Crippen molar-refractivity contribution < 1.29 is 9.84 Å². The quantitative estimate of drug-likeness (QED) is 0.754. The molecule has 3 rings (SSSR count). The first-order chi connectivity index (χ1) is 11.2. The Morgan fingerprint density at radius 1 is 1.35 bits per heavy atom. The predicted octanol–water partition coefficient (Wildman–Crippen LogP) is 2.46. The van der Waals surface area contributed by atoms with Crippen molar-refractivity contribution in [3.63, 3.8) is 0 Å². The number of benzene rings is 1. The second-order valence-electron chi connectivity index (χ2n) is 5.27. The lowest BCUT2D eigenvalue weighted by molar-refractivity contribution is 0.0915. The van der Waals surface area contributed by atoms with Crippen LogP contribution in [0.2, 0.25) is 0 Å². The van der Waals surface area contributed by atoms with Gasteiger partial charge in [0.15, 0.2) is 0 Å². The monoisotopic (exact) mass is 330 g/mol. The number of para-hydroxylation sites is 1. The molecule has 0 aliphatic heterocycles. The summed E-state index contributed by atoms with van der Waals surface area (Å²) in [6.45, 7) is 2.33. The third kappa shape index (κ3) is 3.60. The number of hydrogen-bond donors (Lipinski definition) is 1. The maximum atomic E-state index is 12.4. The first-order valence-corrected chi connectivity index (χ1v) is 8.32. The van der Waals surface area contributed by atoms with E-state index in [2.05, 4.69) is 4.98 Å². The topological polar surface area (TPSA) is 64.4 Å². The van der Waals surface area contributed by atoms with E-state index in [0.29, 0.717) is 11.1 Å². The predicted molar refractivity (Wildman–Crippen MR) is 91.2 cm³/mol. The molecule has 1 aromatic carbocycles. The number of aliphatic hydroxyl groups excluding tert-OH is 1. The molecule has 3 aromatic rings. The smallest absolute Gasteiger partial charge is 0.262 e. The van der Waals surface area contributed by atoms with Gasteiger partial charge in [-0.25, -0.2) is 4.98 Å². The van der Waals surface area contributed by atoms with Crippen LogP contribution in [0, 0.1) is 0 Å². The standard InChI is InChI=1S/C17H18N2O3S/c1-2-14-8-15-16(23-14)18-11-19(17(15)21)9-12(20)10-22-13-6-4-3-5-7-13/h3-8,11-12,20H,2,9-10H2,1H3/t12-/m0/s1. The van der Waals surface area contributed by atoms with Crippen molar-refractivity contribution in [1.29, 1.82) is 0 Å². The number of fused-ring (bicyclic) bond motifs is 1. The molecule has 2 heterocycles. The number of aryl methyl sites for hydroxylation is 1. The molecule has 6 heteroatoms. The van der Waals surface area contributed by atoms with Crippen LogP contribution in [0.3, 0.4) is 0 Å². The summed E-state index contributed by atoms with van der Waals surface area (Å²) < 4.78 is 6.94. The number of ether oxygens (including phenoxy) is 1. The Hall–Kier alpha value is -2.18. The minimum Gasteiger partial charge on any atom is -0.491 e. The van der Waals surface area contributed by atoms with E-state index < -0.39 is 6.10 Å². The average Bonchev–Trinajstić information content (AvgIpc) is 3.01. The second-order valence-corrected chi connectivity index (χ2v) is 6.38. The van der Waals surface area contributed by atoms with Crippen LogP contribution in [0.25, 0.3) is 10.2 Å². The maximum Gasteiger partial charge on any atom is 0.262 e. The van der Waals surface area contributed by atoms with Gasteiger partial charge in [-0.05, 0) is 24.6 Å². The summed E-state index contributed by atoms with van der Waals surface area (Å²) in [5, 5.41) is 10.7. The summed E-state index contributed by atoms with van der Waals surface area (Å²) in [7, 11) is 0. The molecule has 0 spiro atoms. The molecule has 0 radical (unpaired) electrons. The Morgan fingerprint density at radius 2 is 2.13 bits per heavy atom. The van der Waals surface area contributed by atoms with Crippen LogP contribution in [0.1, 0.15) is 11.8 Å². The van der Waals surface area contributed by atoms with Crippen LogP contribution in [0.5, 0.6) is 5.75 Å². The molecule has 5 nitrogen and oxygen atoms in total. The van der Waals surface area contributed by atoms with E-state index >= 15 is 0 Å². The van der Waals surface area contributed by atoms with Gasteiger partial charge in [0.1, 0.15) is 23.3 Å². The van der Waals surface area contributed by atoms with Gasteiger partial charge in [-0.3, -0.25) is 9.36 Å². The number of thiophene rings is 1. The molecule has 0 unspecified atom stereocenters. The second kappa shape index (κ2) is 6.93. The van der Waals surface area contributed by atoms with Crippen molar-refractivity contribution in [2.45, 2.75) is 26.0 Å². The molecular formula is C17H18N2O3S. The third-order valence-corrected chi connectivity index (χ3v) is 4.70. The van der Waals surface area contributed by atoms with E-state index in [-0.39, 0.29) is 18.7 Å². The van der Waals surface area contributed by atoms with Crippen LogP contribution >= 0.6 is 11.3 Å². The fourth-order valence-electron chi connectivity index (χ4n) is 2.30. The Kier molecular flexibility index (Phi) is 4.73. The molecule has 0 saturated heterocycles. The maximum absolute atomic E-state index is 12.4. The highest BCUT2D eigenvalue weighted by Gasteiger charge is 2.12. The van der Waals surface area contributed by atoms with E-state index in [1.165, 1.54) is 22.2 Å². The fourth-order valence-corrected chi connectivity index (χ4v) is 3.23. The van der Waals surface area contributed by atoms with Gasteiger partial charge in [0, 0.05) is 4.88 Å². The molecule has 0 bridgehead atoms. The van der Waals surface area contributed by atoms with Gasteiger partial charge >= 0.3 is 0 Å². The van der Waals surface area contributed by atoms with Crippen molar-refractivity contribution in [3.8, 4) is 5.75 Å². The van der Waals surface area contributed by atoms with Gasteiger partial charge in [-0.2, -0.15) is 0 Å². The zero-order valence-electron chi connectivity index (χ0n) is 12.8. The van der Waals surface area contributed by atoms with E-state index in [4.69, 9.17) is 4.74 Å². The zero-order valence-corrected chi connectivity index (χ0v) is 13.6. The van der Waals surface area contributed by atoms with Crippen LogP contribution in [0.15, 0.2) is 47.5 Å². The Bertz CT molecular complexity index is 842. The van der Waals surface area contributed by atoms with E-state index in [9.17, 15) is 9.90 Å². The van der Waals surface area contributed by atoms with Crippen LogP contribution in [-0.4, -0.2) is 27.4 Å². The third-order valence-electron chi connectivity index (χ3n) is 3.51. The Morgan fingerprint density at radius 3 is 2.87 bits per heavy atom. The van der Waals surface area contributed by atoms with Gasteiger partial charge in [-0.15, -0.1) is 11.3 Å². The van der Waals surface area contributed by atoms with Crippen LogP contribution in [0.4, 0.5) is 0 Å². The lowest BCUT2D eigenvalue weighted by Crippen LogP contribution is -2.30. The highest BCUT2D eigenvalue weighted by molar-refractivity contribution is 7.18. The molecule has 1 N–H and O–H groups in total. The highest BCUT2D eigenvalue weighted by Crippen LogP contribution is 2.21. The molecule has 0 saturated carbocycles. The molecule has 0 fully saturated rings. The van der Waals surface area contributed by atoms with Crippen LogP contribution in [-0.2, 0) is 13.0 Å². The summed E-state index contributed by atoms with van der Waals surface area (Å²) in [5.74, 6) is 0.692. The van der Waals surface area contributed by atoms with E-state index in [0.717, 1.165) is 16.1 Å². The normalized spacial score (nSPS) is 12.4. The molecule has 2 aromatic heterocycles. The first-order valence-electron chi connectivity index (χ1n) is 7.51. The van der Waals surface area contributed by atoms with Gasteiger partial charge < -0.3 is 9.84 Å². The fraction of sp³-hybridized carbons (Fsp3) is 0.294. The van der Waals surface area contributed by atoms with Gasteiger partial charge in [0.2, 0.25) is 0 Å². The zero-order chi connectivity index (χ0) is 16.2. The molecule has 0 amide bonds. The lowest BCUT2D eigenvalue weighted by atomic mass is 10.3. The SMILES string of the molecule is CCc1cc2c(=O)n(C[C@H](O)COc3ccccc3)cnc2s1. The first kappa shape index (κ1) is 15.7. The van der Waals surface area contributed by atoms with E-state index in [1.54, 1.807) is 0 Å². The molecule has 1 atom stereocenters. The Balaban J connectivity index is 1.70. The summed E-state index contributed by atoms with van der Waals surface area (Å²) in [6.07, 6.45) is 1.59. The van der Waals surface area contributed by atoms with Crippen molar-refractivity contribution in [2.75, 3.05) is 6.61 Å². The summed E-state index contributed by atoms with van der Waals surface area (Å²) in [6, 6.07) is 11.2. The summed E-state index contributed by atoms with van der Waals surface area (Å²) in [5.41, 5.74) is -0.121. The van der Waals surface area contributed by atoms with Crippen LogP contribution < -0.4 is 10.3 Å². The highest BCUT2D eigenvalue weighted by atomic mass is 32.1. The van der Waals surface area contributed by atoms with Crippen molar-refractivity contribution in [1.82, 2.24) is 9.55 Å². The largest absolute Gasteiger partial charge is 0.491 e. The molecule has 0 aliphatic rings. The minimum atomic E-state index is -0.781. The molecule has 0 aliphatic carbocycles. The molecule has 23 heavy (non-hydrogen) atoms. The van der Waals surface area contributed by atoms with Crippen molar-refractivity contribution in [3.05, 3.63) is 58.0 Å². The Labute approximate surface area is 137 Å². The number of aliphatic hydroxyl groups is 1. The molecular weight excluding hydrogens is 312 g/mol. The van der Waals surface area contributed by atoms with Gasteiger partial charge in [-0.1, -0.05) is 25.1 Å². The number of hydrogen-bond acceptors (Lipinski definition) is 5. The number of aromatic nitrogens is 2. The minimum absolute atomic E-state index is 0.121. The van der Waals surface area contributed by atoms with Gasteiger partial charge in [0.25, 0.3) is 5.56 Å². The number of rotatable bonds is 6. The average molecular weight is 330 g/mol. The molecule has 120 valence electrons. The lowest BCUT2D eigenvalue weighted by Gasteiger charge is -2.13. The van der Waals surface area contributed by atoms with E-state index in [1.807, 2.05) is 43.3 Å². The van der Waals surface area contributed by atoms with Crippen molar-refractivity contribution in [2.24, 2.45) is 0 Å². The van der Waals surface area contributed by atoms with Crippen molar-refractivity contribution >= 4 is 21.6 Å².